The van der Waals surface area contributed by atoms with E-state index in [0.29, 0.717) is 26.7 Å². The molecule has 3 aromatic rings. The van der Waals surface area contributed by atoms with Gasteiger partial charge in [0.2, 0.25) is 0 Å². The van der Waals surface area contributed by atoms with Crippen molar-refractivity contribution < 1.29 is 9.21 Å². The quantitative estimate of drug-likeness (QED) is 0.696. The average molecular weight is 377 g/mol. The van der Waals surface area contributed by atoms with Gasteiger partial charge in [-0.25, -0.2) is 4.98 Å². The number of thiazole rings is 1. The van der Waals surface area contributed by atoms with Crippen molar-refractivity contribution in [3.8, 4) is 11.3 Å². The number of amides is 1. The van der Waals surface area contributed by atoms with Crippen molar-refractivity contribution in [3.63, 3.8) is 0 Å². The second kappa shape index (κ2) is 6.06. The minimum Gasteiger partial charge on any atom is -0.465 e. The molecule has 2 heterocycles. The molecule has 3 rings (SSSR count). The zero-order valence-electron chi connectivity index (χ0n) is 12.0. The maximum atomic E-state index is 12.4. The number of carbonyl (C=O) groups is 1. The summed E-state index contributed by atoms with van der Waals surface area (Å²) in [6.07, 6.45) is 0. The van der Waals surface area contributed by atoms with Crippen LogP contribution in [-0.4, -0.2) is 10.9 Å². The summed E-state index contributed by atoms with van der Waals surface area (Å²) >= 11 is 4.78. The van der Waals surface area contributed by atoms with Crippen LogP contribution in [0.15, 0.2) is 44.6 Å². The SMILES string of the molecule is Cc1oc(C)c(C(=O)Nc2nc(-c3ccccc3)cs2)c1Br. The Bertz CT molecular complexity index is 824. The third-order valence-electron chi connectivity index (χ3n) is 3.21. The molecule has 0 saturated carbocycles. The molecule has 0 radical (unpaired) electrons. The molecule has 0 spiro atoms. The van der Waals surface area contributed by atoms with Gasteiger partial charge in [0, 0.05) is 10.9 Å². The average Bonchev–Trinajstić information content (AvgIpc) is 3.05. The summed E-state index contributed by atoms with van der Waals surface area (Å²) in [5.74, 6) is 1.05. The second-order valence-corrected chi connectivity index (χ2v) is 6.41. The Morgan fingerprint density at radius 1 is 1.23 bits per heavy atom. The number of aryl methyl sites for hydroxylation is 2. The van der Waals surface area contributed by atoms with E-state index in [4.69, 9.17) is 4.42 Å². The van der Waals surface area contributed by atoms with Gasteiger partial charge < -0.3 is 4.42 Å². The molecule has 0 aliphatic heterocycles. The van der Waals surface area contributed by atoms with Crippen LogP contribution in [0.2, 0.25) is 0 Å². The van der Waals surface area contributed by atoms with Crippen molar-refractivity contribution in [2.75, 3.05) is 5.32 Å². The van der Waals surface area contributed by atoms with E-state index in [9.17, 15) is 4.79 Å². The molecule has 1 N–H and O–H groups in total. The zero-order valence-corrected chi connectivity index (χ0v) is 14.4. The summed E-state index contributed by atoms with van der Waals surface area (Å²) in [7, 11) is 0. The highest BCUT2D eigenvalue weighted by atomic mass is 79.9. The Morgan fingerprint density at radius 3 is 2.59 bits per heavy atom. The molecule has 0 aliphatic carbocycles. The number of benzene rings is 1. The van der Waals surface area contributed by atoms with Gasteiger partial charge in [-0.3, -0.25) is 10.1 Å². The fraction of sp³-hybridized carbons (Fsp3) is 0.125. The normalized spacial score (nSPS) is 10.7. The van der Waals surface area contributed by atoms with Gasteiger partial charge in [0.05, 0.1) is 15.7 Å². The third kappa shape index (κ3) is 2.84. The van der Waals surface area contributed by atoms with Gasteiger partial charge in [0.1, 0.15) is 11.5 Å². The van der Waals surface area contributed by atoms with Crippen LogP contribution in [0.25, 0.3) is 11.3 Å². The van der Waals surface area contributed by atoms with E-state index in [0.717, 1.165) is 11.3 Å². The van der Waals surface area contributed by atoms with Crippen LogP contribution in [0.1, 0.15) is 21.9 Å². The molecule has 0 unspecified atom stereocenters. The first kappa shape index (κ1) is 15.0. The number of rotatable bonds is 3. The predicted octanol–water partition coefficient (Wildman–Crippen LogP) is 5.03. The highest BCUT2D eigenvalue weighted by Gasteiger charge is 2.20. The summed E-state index contributed by atoms with van der Waals surface area (Å²) in [6, 6.07) is 9.85. The predicted molar refractivity (Wildman–Crippen MR) is 91.4 cm³/mol. The first-order chi connectivity index (χ1) is 10.6. The minimum atomic E-state index is -0.227. The molecule has 4 nitrogen and oxygen atoms in total. The Labute approximate surface area is 140 Å². The van der Waals surface area contributed by atoms with Crippen LogP contribution in [0.4, 0.5) is 5.13 Å². The minimum absolute atomic E-state index is 0.227. The summed E-state index contributed by atoms with van der Waals surface area (Å²) in [5.41, 5.74) is 2.38. The lowest BCUT2D eigenvalue weighted by Gasteiger charge is -2.01. The number of carbonyl (C=O) groups excluding carboxylic acids is 1. The van der Waals surface area contributed by atoms with Crippen LogP contribution in [0.3, 0.4) is 0 Å². The van der Waals surface area contributed by atoms with Gasteiger partial charge in [-0.15, -0.1) is 11.3 Å². The third-order valence-corrected chi connectivity index (χ3v) is 4.92. The fourth-order valence-corrected chi connectivity index (χ4v) is 3.40. The van der Waals surface area contributed by atoms with Crippen LogP contribution in [-0.2, 0) is 0 Å². The molecular formula is C16H13BrN2O2S. The Kier molecular flexibility index (Phi) is 4.13. The Hall–Kier alpha value is -1.92. The van der Waals surface area contributed by atoms with Crippen molar-refractivity contribution in [2.45, 2.75) is 13.8 Å². The number of furan rings is 1. The van der Waals surface area contributed by atoms with Crippen molar-refractivity contribution in [2.24, 2.45) is 0 Å². The standard InChI is InChI=1S/C16H13BrN2O2S/c1-9-13(14(17)10(2)21-9)15(20)19-16-18-12(8-22-16)11-6-4-3-5-7-11/h3-8H,1-2H3,(H,18,19,20). The molecule has 0 fully saturated rings. The molecule has 0 bridgehead atoms. The molecule has 112 valence electrons. The van der Waals surface area contributed by atoms with E-state index >= 15 is 0 Å². The number of hydrogen-bond donors (Lipinski definition) is 1. The highest BCUT2D eigenvalue weighted by molar-refractivity contribution is 9.10. The fourth-order valence-electron chi connectivity index (χ4n) is 2.15. The smallest absolute Gasteiger partial charge is 0.262 e. The van der Waals surface area contributed by atoms with Crippen LogP contribution < -0.4 is 5.32 Å². The molecule has 1 amide bonds. The van der Waals surface area contributed by atoms with E-state index in [1.54, 1.807) is 6.92 Å². The van der Waals surface area contributed by atoms with Crippen LogP contribution >= 0.6 is 27.3 Å². The molecule has 0 saturated heterocycles. The zero-order chi connectivity index (χ0) is 15.7. The topological polar surface area (TPSA) is 55.1 Å². The summed E-state index contributed by atoms with van der Waals surface area (Å²) in [5, 5.41) is 5.31. The van der Waals surface area contributed by atoms with Gasteiger partial charge in [-0.1, -0.05) is 30.3 Å². The van der Waals surface area contributed by atoms with Crippen LogP contribution in [0.5, 0.6) is 0 Å². The van der Waals surface area contributed by atoms with Crippen molar-refractivity contribution >= 4 is 38.3 Å². The number of hydrogen-bond acceptors (Lipinski definition) is 4. The van der Waals surface area contributed by atoms with Gasteiger partial charge in [-0.2, -0.15) is 0 Å². The maximum Gasteiger partial charge on any atom is 0.262 e. The number of anilines is 1. The van der Waals surface area contributed by atoms with Gasteiger partial charge in [-0.05, 0) is 29.8 Å². The monoisotopic (exact) mass is 376 g/mol. The molecule has 0 atom stereocenters. The molecule has 2 aromatic heterocycles. The molecule has 6 heteroatoms. The van der Waals surface area contributed by atoms with Gasteiger partial charge in [0.15, 0.2) is 5.13 Å². The lowest BCUT2D eigenvalue weighted by Crippen LogP contribution is -2.12. The molecular weight excluding hydrogens is 364 g/mol. The van der Waals surface area contributed by atoms with Crippen molar-refractivity contribution in [1.82, 2.24) is 4.98 Å². The summed E-state index contributed by atoms with van der Waals surface area (Å²) < 4.78 is 6.14. The summed E-state index contributed by atoms with van der Waals surface area (Å²) in [4.78, 5) is 16.8. The Balaban J connectivity index is 1.82. The lowest BCUT2D eigenvalue weighted by atomic mass is 10.2. The summed E-state index contributed by atoms with van der Waals surface area (Å²) in [6.45, 7) is 3.58. The van der Waals surface area contributed by atoms with Crippen molar-refractivity contribution in [1.29, 1.82) is 0 Å². The number of aromatic nitrogens is 1. The van der Waals surface area contributed by atoms with E-state index in [2.05, 4.69) is 26.2 Å². The second-order valence-electron chi connectivity index (χ2n) is 4.76. The largest absolute Gasteiger partial charge is 0.465 e. The highest BCUT2D eigenvalue weighted by Crippen LogP contribution is 2.29. The van der Waals surface area contributed by atoms with Gasteiger partial charge in [0.25, 0.3) is 5.91 Å². The number of halogens is 1. The van der Waals surface area contributed by atoms with Gasteiger partial charge >= 0.3 is 0 Å². The Morgan fingerprint density at radius 2 is 1.95 bits per heavy atom. The van der Waals surface area contributed by atoms with Crippen LogP contribution in [0, 0.1) is 13.8 Å². The van der Waals surface area contributed by atoms with E-state index in [-0.39, 0.29) is 5.91 Å². The van der Waals surface area contributed by atoms with E-state index in [1.807, 2.05) is 42.6 Å². The first-order valence-corrected chi connectivity index (χ1v) is 8.31. The molecule has 1 aromatic carbocycles. The maximum absolute atomic E-state index is 12.4. The van der Waals surface area contributed by atoms with Crippen molar-refractivity contribution in [3.05, 3.63) is 57.3 Å². The molecule has 22 heavy (non-hydrogen) atoms. The van der Waals surface area contributed by atoms with E-state index in [1.165, 1.54) is 11.3 Å². The number of nitrogens with zero attached hydrogens (tertiary/aromatic N) is 1. The first-order valence-electron chi connectivity index (χ1n) is 6.64. The number of nitrogens with one attached hydrogen (secondary N) is 1. The lowest BCUT2D eigenvalue weighted by molar-refractivity contribution is 0.102. The molecule has 0 aliphatic rings. The van der Waals surface area contributed by atoms with E-state index < -0.39 is 0 Å².